The lowest BCUT2D eigenvalue weighted by molar-refractivity contribution is 0.0999. The minimum Gasteiger partial charge on any atom is -0.366 e. The Labute approximate surface area is 119 Å². The molecule has 0 bridgehead atoms. The summed E-state index contributed by atoms with van der Waals surface area (Å²) >= 11 is 0. The predicted molar refractivity (Wildman–Crippen MR) is 81.4 cm³/mol. The van der Waals surface area contributed by atoms with Gasteiger partial charge in [0.05, 0.1) is 0 Å². The van der Waals surface area contributed by atoms with Crippen LogP contribution in [0.5, 0.6) is 0 Å². The molecule has 0 saturated carbocycles. The Kier molecular flexibility index (Phi) is 4.53. The minimum atomic E-state index is -0.384. The molecule has 1 atom stereocenters. The van der Waals surface area contributed by atoms with Gasteiger partial charge in [-0.05, 0) is 31.0 Å². The third kappa shape index (κ3) is 3.45. The molecule has 0 saturated heterocycles. The Hall–Kier alpha value is -2.13. The molecule has 0 aliphatic rings. The van der Waals surface area contributed by atoms with Gasteiger partial charge < -0.3 is 11.1 Å². The molecule has 0 aromatic heterocycles. The van der Waals surface area contributed by atoms with Crippen LogP contribution in [0.1, 0.15) is 40.0 Å². The lowest BCUT2D eigenvalue weighted by Crippen LogP contribution is -2.21. The van der Waals surface area contributed by atoms with Gasteiger partial charge in [-0.25, -0.2) is 0 Å². The van der Waals surface area contributed by atoms with E-state index in [0.717, 1.165) is 5.56 Å². The smallest absolute Gasteiger partial charge is 0.249 e. The molecule has 0 aliphatic heterocycles. The summed E-state index contributed by atoms with van der Waals surface area (Å²) in [5, 5.41) is 3.42. The maximum Gasteiger partial charge on any atom is 0.249 e. The average molecular weight is 268 g/mol. The van der Waals surface area contributed by atoms with Crippen molar-refractivity contribution in [2.45, 2.75) is 26.4 Å². The molecule has 2 aromatic carbocycles. The van der Waals surface area contributed by atoms with Crippen molar-refractivity contribution in [3.05, 3.63) is 70.8 Å². The SMILES string of the molecule is Cc1ccc([C@H](C)NCc2ccccc2C(N)=O)cc1. The highest BCUT2D eigenvalue weighted by atomic mass is 16.1. The zero-order valence-electron chi connectivity index (χ0n) is 11.9. The molecule has 0 spiro atoms. The molecule has 3 heteroatoms. The summed E-state index contributed by atoms with van der Waals surface area (Å²) in [5.41, 5.74) is 9.37. The van der Waals surface area contributed by atoms with Gasteiger partial charge in [-0.1, -0.05) is 48.0 Å². The average Bonchev–Trinajstić information content (AvgIpc) is 2.45. The monoisotopic (exact) mass is 268 g/mol. The summed E-state index contributed by atoms with van der Waals surface area (Å²) in [4.78, 5) is 11.4. The van der Waals surface area contributed by atoms with Crippen LogP contribution in [0.4, 0.5) is 0 Å². The van der Waals surface area contributed by atoms with Gasteiger partial charge in [0.1, 0.15) is 0 Å². The number of primary amides is 1. The van der Waals surface area contributed by atoms with Crippen molar-refractivity contribution < 1.29 is 4.79 Å². The van der Waals surface area contributed by atoms with Gasteiger partial charge in [0, 0.05) is 18.2 Å². The van der Waals surface area contributed by atoms with E-state index in [-0.39, 0.29) is 11.9 Å². The summed E-state index contributed by atoms with van der Waals surface area (Å²) in [5.74, 6) is -0.384. The van der Waals surface area contributed by atoms with Gasteiger partial charge in [0.2, 0.25) is 5.91 Å². The molecule has 0 radical (unpaired) electrons. The predicted octanol–water partition coefficient (Wildman–Crippen LogP) is 2.94. The molecular formula is C17H20N2O. The second kappa shape index (κ2) is 6.35. The van der Waals surface area contributed by atoms with E-state index < -0.39 is 0 Å². The molecule has 0 aliphatic carbocycles. The first-order chi connectivity index (χ1) is 9.58. The number of benzene rings is 2. The van der Waals surface area contributed by atoms with Gasteiger partial charge in [-0.3, -0.25) is 4.79 Å². The zero-order valence-corrected chi connectivity index (χ0v) is 11.9. The third-order valence-electron chi connectivity index (χ3n) is 3.46. The number of rotatable bonds is 5. The molecule has 0 fully saturated rings. The summed E-state index contributed by atoms with van der Waals surface area (Å²) in [7, 11) is 0. The fourth-order valence-electron chi connectivity index (χ4n) is 2.15. The fourth-order valence-corrected chi connectivity index (χ4v) is 2.15. The number of hydrogen-bond donors (Lipinski definition) is 2. The maximum absolute atomic E-state index is 11.4. The van der Waals surface area contributed by atoms with Crippen molar-refractivity contribution in [1.29, 1.82) is 0 Å². The lowest BCUT2D eigenvalue weighted by Gasteiger charge is -2.15. The Morgan fingerprint density at radius 1 is 1.15 bits per heavy atom. The highest BCUT2D eigenvalue weighted by molar-refractivity contribution is 5.94. The van der Waals surface area contributed by atoms with Gasteiger partial charge in [0.15, 0.2) is 0 Å². The number of aryl methyl sites for hydroxylation is 1. The zero-order chi connectivity index (χ0) is 14.5. The van der Waals surface area contributed by atoms with Crippen LogP contribution in [0.3, 0.4) is 0 Å². The Bertz CT molecular complexity index is 590. The summed E-state index contributed by atoms with van der Waals surface area (Å²) in [6.45, 7) is 4.80. The molecule has 1 amide bonds. The quantitative estimate of drug-likeness (QED) is 0.876. The first-order valence-electron chi connectivity index (χ1n) is 6.75. The number of carbonyl (C=O) groups excluding carboxylic acids is 1. The number of nitrogens with one attached hydrogen (secondary N) is 1. The topological polar surface area (TPSA) is 55.1 Å². The van der Waals surface area contributed by atoms with Crippen LogP contribution in [0.2, 0.25) is 0 Å². The molecular weight excluding hydrogens is 248 g/mol. The van der Waals surface area contributed by atoms with Crippen LogP contribution < -0.4 is 11.1 Å². The van der Waals surface area contributed by atoms with E-state index in [0.29, 0.717) is 12.1 Å². The second-order valence-corrected chi connectivity index (χ2v) is 5.03. The largest absolute Gasteiger partial charge is 0.366 e. The van der Waals surface area contributed by atoms with Crippen LogP contribution in [0.15, 0.2) is 48.5 Å². The minimum absolute atomic E-state index is 0.219. The number of hydrogen-bond acceptors (Lipinski definition) is 2. The fraction of sp³-hybridized carbons (Fsp3) is 0.235. The van der Waals surface area contributed by atoms with Crippen molar-refractivity contribution >= 4 is 5.91 Å². The maximum atomic E-state index is 11.4. The first-order valence-corrected chi connectivity index (χ1v) is 6.75. The van der Waals surface area contributed by atoms with Crippen LogP contribution in [-0.2, 0) is 6.54 Å². The molecule has 104 valence electrons. The van der Waals surface area contributed by atoms with Crippen LogP contribution in [0, 0.1) is 6.92 Å². The van der Waals surface area contributed by atoms with Crippen molar-refractivity contribution in [3.63, 3.8) is 0 Å². The van der Waals surface area contributed by atoms with Crippen LogP contribution in [-0.4, -0.2) is 5.91 Å². The third-order valence-corrected chi connectivity index (χ3v) is 3.46. The van der Waals surface area contributed by atoms with E-state index >= 15 is 0 Å². The lowest BCUT2D eigenvalue weighted by atomic mass is 10.0. The van der Waals surface area contributed by atoms with Crippen LogP contribution in [0.25, 0.3) is 0 Å². The number of amides is 1. The van der Waals surface area contributed by atoms with E-state index in [4.69, 9.17) is 5.73 Å². The number of nitrogens with two attached hydrogens (primary N) is 1. The van der Waals surface area contributed by atoms with Crippen molar-refractivity contribution in [2.75, 3.05) is 0 Å². The van der Waals surface area contributed by atoms with Gasteiger partial charge in [0.25, 0.3) is 0 Å². The second-order valence-electron chi connectivity index (χ2n) is 5.03. The van der Waals surface area contributed by atoms with E-state index in [9.17, 15) is 4.79 Å². The molecule has 2 rings (SSSR count). The normalized spacial score (nSPS) is 12.1. The molecule has 20 heavy (non-hydrogen) atoms. The Balaban J connectivity index is 2.05. The number of carbonyl (C=O) groups is 1. The standard InChI is InChI=1S/C17H20N2O/c1-12-7-9-14(10-8-12)13(2)19-11-15-5-3-4-6-16(15)17(18)20/h3-10,13,19H,11H2,1-2H3,(H2,18,20)/t13-/m0/s1. The summed E-state index contributed by atoms with van der Waals surface area (Å²) in [6, 6.07) is 16.1. The molecule has 0 heterocycles. The highest BCUT2D eigenvalue weighted by Gasteiger charge is 2.09. The summed E-state index contributed by atoms with van der Waals surface area (Å²) in [6.07, 6.45) is 0. The van der Waals surface area contributed by atoms with Crippen molar-refractivity contribution in [3.8, 4) is 0 Å². The van der Waals surface area contributed by atoms with E-state index in [1.807, 2.05) is 18.2 Å². The first kappa shape index (κ1) is 14.3. The van der Waals surface area contributed by atoms with E-state index in [1.165, 1.54) is 11.1 Å². The summed E-state index contributed by atoms with van der Waals surface area (Å²) < 4.78 is 0. The van der Waals surface area contributed by atoms with Gasteiger partial charge in [-0.15, -0.1) is 0 Å². The molecule has 2 aromatic rings. The van der Waals surface area contributed by atoms with E-state index in [1.54, 1.807) is 6.07 Å². The van der Waals surface area contributed by atoms with Gasteiger partial charge in [-0.2, -0.15) is 0 Å². The van der Waals surface area contributed by atoms with Crippen molar-refractivity contribution in [2.24, 2.45) is 5.73 Å². The van der Waals surface area contributed by atoms with Crippen molar-refractivity contribution in [1.82, 2.24) is 5.32 Å². The van der Waals surface area contributed by atoms with Gasteiger partial charge >= 0.3 is 0 Å². The van der Waals surface area contributed by atoms with E-state index in [2.05, 4.69) is 43.4 Å². The Morgan fingerprint density at radius 2 is 1.80 bits per heavy atom. The Morgan fingerprint density at radius 3 is 2.45 bits per heavy atom. The van der Waals surface area contributed by atoms with Crippen LogP contribution >= 0.6 is 0 Å². The molecule has 3 nitrogen and oxygen atoms in total. The highest BCUT2D eigenvalue weighted by Crippen LogP contribution is 2.15. The molecule has 3 N–H and O–H groups in total. The molecule has 0 unspecified atom stereocenters.